The Labute approximate surface area is 421 Å². The van der Waals surface area contributed by atoms with Crippen LogP contribution in [0.25, 0.3) is 0 Å². The van der Waals surface area contributed by atoms with Gasteiger partial charge in [-0.15, -0.1) is 0 Å². The van der Waals surface area contributed by atoms with Crippen LogP contribution in [0, 0.1) is 0 Å². The Morgan fingerprint density at radius 1 is 0.515 bits per heavy atom. The average Bonchev–Trinajstić information content (AvgIpc) is 3.30. The largest absolute Gasteiger partial charge is 0.756 e. The predicted molar refractivity (Wildman–Crippen MR) is 293 cm³/mol. The number of phosphoric acid groups is 1. The number of likely N-dealkylation sites (N-methyl/N-ethyl adjacent to an activating group) is 1. The van der Waals surface area contributed by atoms with Gasteiger partial charge in [0.15, 0.2) is 0 Å². The number of unbranched alkanes of at least 4 members (excludes halogenated alkanes) is 28. The van der Waals surface area contributed by atoms with Crippen LogP contribution < -0.4 is 10.2 Å². The van der Waals surface area contributed by atoms with Crippen molar-refractivity contribution in [3.63, 3.8) is 0 Å². The number of nitrogens with zero attached hydrogens (tertiary/aromatic N) is 1. The zero-order chi connectivity index (χ0) is 49.9. The molecule has 2 N–H and O–H groups in total. The van der Waals surface area contributed by atoms with Gasteiger partial charge in [-0.1, -0.05) is 228 Å². The summed E-state index contributed by atoms with van der Waals surface area (Å²) in [6.07, 6.45) is 68.4. The second kappa shape index (κ2) is 49.9. The number of carbonyl (C=O) groups excluding carboxylic acids is 1. The van der Waals surface area contributed by atoms with Gasteiger partial charge in [0.25, 0.3) is 7.82 Å². The number of rotatable bonds is 51. The third kappa shape index (κ3) is 51.8. The second-order valence-electron chi connectivity index (χ2n) is 20.3. The van der Waals surface area contributed by atoms with Crippen molar-refractivity contribution in [2.24, 2.45) is 0 Å². The highest BCUT2D eigenvalue weighted by atomic mass is 31.2. The molecule has 396 valence electrons. The normalized spacial score (nSPS) is 14.5. The van der Waals surface area contributed by atoms with Crippen molar-refractivity contribution >= 4 is 13.7 Å². The number of nitrogens with one attached hydrogen (secondary N) is 1. The van der Waals surface area contributed by atoms with Gasteiger partial charge in [-0.25, -0.2) is 0 Å². The Kier molecular flexibility index (Phi) is 48.4. The van der Waals surface area contributed by atoms with E-state index in [0.717, 1.165) is 70.6 Å². The minimum atomic E-state index is -4.62. The highest BCUT2D eigenvalue weighted by Gasteiger charge is 2.23. The van der Waals surface area contributed by atoms with Crippen molar-refractivity contribution in [3.8, 4) is 0 Å². The van der Waals surface area contributed by atoms with Crippen molar-refractivity contribution in [2.75, 3.05) is 40.9 Å². The molecule has 68 heavy (non-hydrogen) atoms. The van der Waals surface area contributed by atoms with E-state index in [1.807, 2.05) is 27.2 Å². The highest BCUT2D eigenvalue weighted by molar-refractivity contribution is 7.45. The Morgan fingerprint density at radius 3 is 1.32 bits per heavy atom. The number of aliphatic hydroxyl groups is 1. The third-order valence-electron chi connectivity index (χ3n) is 12.4. The zero-order valence-electron chi connectivity index (χ0n) is 45.0. The van der Waals surface area contributed by atoms with Crippen molar-refractivity contribution in [1.29, 1.82) is 0 Å². The number of allylic oxidation sites excluding steroid dienone is 11. The van der Waals surface area contributed by atoms with E-state index in [9.17, 15) is 19.4 Å². The third-order valence-corrected chi connectivity index (χ3v) is 13.3. The first-order chi connectivity index (χ1) is 33.0. The fourth-order valence-corrected chi connectivity index (χ4v) is 8.62. The lowest BCUT2D eigenvalue weighted by molar-refractivity contribution is -0.870. The Balaban J connectivity index is 4.33. The van der Waals surface area contributed by atoms with Crippen LogP contribution >= 0.6 is 7.82 Å². The molecule has 0 aromatic heterocycles. The summed E-state index contributed by atoms with van der Waals surface area (Å²) in [6.45, 7) is 4.59. The number of phosphoric ester groups is 1. The summed E-state index contributed by atoms with van der Waals surface area (Å²) in [4.78, 5) is 25.5. The van der Waals surface area contributed by atoms with Crippen LogP contribution in [0.4, 0.5) is 0 Å². The fraction of sp³-hybridized carbons (Fsp3) is 0.780. The van der Waals surface area contributed by atoms with E-state index in [0.29, 0.717) is 17.4 Å². The van der Waals surface area contributed by atoms with Crippen LogP contribution in [-0.4, -0.2) is 68.5 Å². The number of amides is 1. The topological polar surface area (TPSA) is 108 Å². The zero-order valence-corrected chi connectivity index (χ0v) is 45.9. The van der Waals surface area contributed by atoms with Crippen molar-refractivity contribution in [3.05, 3.63) is 72.9 Å². The quantitative estimate of drug-likeness (QED) is 0.0272. The van der Waals surface area contributed by atoms with E-state index in [2.05, 4.69) is 79.9 Å². The van der Waals surface area contributed by atoms with Crippen LogP contribution in [0.1, 0.15) is 245 Å². The van der Waals surface area contributed by atoms with Gasteiger partial charge < -0.3 is 28.8 Å². The molecule has 0 spiro atoms. The standard InChI is InChI=1S/C59H109N2O6P/c1-6-8-10-12-14-16-18-20-22-24-26-27-28-29-30-31-32-33-35-36-38-40-42-44-46-48-50-52-58(62)57(56-67-68(64,65)66-55-54-61(3,4)5)60-59(63)53-51-49-47-45-43-41-39-37-34-25-23-21-19-17-15-13-11-9-7-2/h15,17,21,23,34-37,42,44,50,52,57-58,62H,6-14,16,18-20,22,24-33,38-41,43,45-49,51,53-56H2,1-5H3,(H-,60,63,64,65)/b17-15-,23-21-,36-35+,37-34-,44-42+,52-50+. The first kappa shape index (κ1) is 65.9. The van der Waals surface area contributed by atoms with E-state index in [-0.39, 0.29) is 12.5 Å². The molecule has 0 aliphatic heterocycles. The lowest BCUT2D eigenvalue weighted by Crippen LogP contribution is -2.45. The van der Waals surface area contributed by atoms with E-state index in [1.54, 1.807) is 6.08 Å². The summed E-state index contributed by atoms with van der Waals surface area (Å²) in [5.41, 5.74) is 0. The van der Waals surface area contributed by atoms with Crippen LogP contribution in [0.5, 0.6) is 0 Å². The monoisotopic (exact) mass is 973 g/mol. The van der Waals surface area contributed by atoms with Gasteiger partial charge in [-0.2, -0.15) is 0 Å². The molecule has 0 saturated carbocycles. The molecule has 0 aliphatic carbocycles. The molecule has 0 bridgehead atoms. The average molecular weight is 974 g/mol. The van der Waals surface area contributed by atoms with Crippen LogP contribution in [0.15, 0.2) is 72.9 Å². The number of quaternary nitrogens is 1. The van der Waals surface area contributed by atoms with Gasteiger partial charge in [-0.05, 0) is 83.5 Å². The summed E-state index contributed by atoms with van der Waals surface area (Å²) in [7, 11) is 1.22. The van der Waals surface area contributed by atoms with Crippen LogP contribution in [0.3, 0.4) is 0 Å². The molecule has 0 heterocycles. The van der Waals surface area contributed by atoms with Crippen LogP contribution in [0.2, 0.25) is 0 Å². The van der Waals surface area contributed by atoms with Crippen molar-refractivity contribution in [2.45, 2.75) is 257 Å². The summed E-state index contributed by atoms with van der Waals surface area (Å²) in [5, 5.41) is 13.8. The Hall–Kier alpha value is -2.06. The SMILES string of the molecule is CCCCC/C=C\C/C=C\C/C=C\CCCCCCCCC(=O)NC(COP(=O)([O-])OCC[N+](C)(C)C)C(O)/C=C/CC/C=C/CC/C=C/CCCCCCCCCCCCCCCCCCC. The minimum Gasteiger partial charge on any atom is -0.756 e. The molecule has 9 heteroatoms. The lowest BCUT2D eigenvalue weighted by Gasteiger charge is -2.29. The van der Waals surface area contributed by atoms with Gasteiger partial charge in [0.05, 0.1) is 39.9 Å². The molecule has 0 aromatic carbocycles. The van der Waals surface area contributed by atoms with E-state index < -0.39 is 26.6 Å². The fourth-order valence-electron chi connectivity index (χ4n) is 7.90. The summed E-state index contributed by atoms with van der Waals surface area (Å²) >= 11 is 0. The molecule has 0 aliphatic rings. The van der Waals surface area contributed by atoms with E-state index in [1.165, 1.54) is 154 Å². The maximum absolute atomic E-state index is 12.9. The molecule has 0 fully saturated rings. The number of hydrogen-bond donors (Lipinski definition) is 2. The van der Waals surface area contributed by atoms with Crippen LogP contribution in [-0.2, 0) is 18.4 Å². The first-order valence-electron chi connectivity index (χ1n) is 28.3. The molecule has 0 aromatic rings. The summed E-state index contributed by atoms with van der Waals surface area (Å²) in [6, 6.07) is -0.921. The Bertz CT molecular complexity index is 1330. The molecule has 0 rings (SSSR count). The lowest BCUT2D eigenvalue weighted by atomic mass is 10.0. The molecular weight excluding hydrogens is 864 g/mol. The second-order valence-corrected chi connectivity index (χ2v) is 21.7. The smallest absolute Gasteiger partial charge is 0.268 e. The van der Waals surface area contributed by atoms with Crippen molar-refractivity contribution in [1.82, 2.24) is 5.32 Å². The molecular formula is C59H109N2O6P. The van der Waals surface area contributed by atoms with Gasteiger partial charge in [0, 0.05) is 6.42 Å². The van der Waals surface area contributed by atoms with Gasteiger partial charge >= 0.3 is 0 Å². The molecule has 3 unspecified atom stereocenters. The maximum atomic E-state index is 12.9. The summed E-state index contributed by atoms with van der Waals surface area (Å²) in [5.74, 6) is -0.225. The van der Waals surface area contributed by atoms with Crippen molar-refractivity contribution < 1.29 is 32.9 Å². The molecule has 0 radical (unpaired) electrons. The molecule has 0 saturated heterocycles. The van der Waals surface area contributed by atoms with E-state index >= 15 is 0 Å². The number of hydrogen-bond acceptors (Lipinski definition) is 6. The number of aliphatic hydroxyl groups excluding tert-OH is 1. The molecule has 1 amide bonds. The van der Waals surface area contributed by atoms with Gasteiger partial charge in [-0.3, -0.25) is 9.36 Å². The molecule has 3 atom stereocenters. The first-order valence-corrected chi connectivity index (χ1v) is 29.8. The molecule has 8 nitrogen and oxygen atoms in total. The Morgan fingerprint density at radius 2 is 0.868 bits per heavy atom. The minimum absolute atomic E-state index is 0.0148. The highest BCUT2D eigenvalue weighted by Crippen LogP contribution is 2.38. The summed E-state index contributed by atoms with van der Waals surface area (Å²) < 4.78 is 23.3. The van der Waals surface area contributed by atoms with E-state index in [4.69, 9.17) is 9.05 Å². The number of carbonyl (C=O) groups is 1. The predicted octanol–water partition coefficient (Wildman–Crippen LogP) is 16.5. The van der Waals surface area contributed by atoms with Gasteiger partial charge in [0.2, 0.25) is 5.91 Å². The maximum Gasteiger partial charge on any atom is 0.268 e. The van der Waals surface area contributed by atoms with Gasteiger partial charge in [0.1, 0.15) is 13.2 Å².